The number of aldehydes is 1. The van der Waals surface area contributed by atoms with Crippen LogP contribution in [0.2, 0.25) is 0 Å². The lowest BCUT2D eigenvalue weighted by molar-refractivity contribution is -0.123. The molecular formula is C18H15F2NO5. The molecule has 8 heteroatoms. The maximum atomic E-state index is 12.4. The molecule has 1 amide bonds. The van der Waals surface area contributed by atoms with Gasteiger partial charge in [0.2, 0.25) is 0 Å². The molecule has 136 valence electrons. The van der Waals surface area contributed by atoms with Gasteiger partial charge < -0.3 is 14.8 Å². The average molecular weight is 363 g/mol. The van der Waals surface area contributed by atoms with Gasteiger partial charge in [-0.3, -0.25) is 9.59 Å². The third kappa shape index (κ3) is 5.10. The van der Waals surface area contributed by atoms with Crippen molar-refractivity contribution < 1.29 is 32.6 Å². The SMILES string of the molecule is CC(OC(=O)c1ccc(C=O)cc1)C(=O)Nc1ccccc1OC(F)F. The van der Waals surface area contributed by atoms with Gasteiger partial charge in [0.05, 0.1) is 11.3 Å². The summed E-state index contributed by atoms with van der Waals surface area (Å²) in [5.41, 5.74) is 0.579. The Labute approximate surface area is 147 Å². The predicted molar refractivity (Wildman–Crippen MR) is 88.4 cm³/mol. The normalized spacial score (nSPS) is 11.5. The number of hydrogen-bond donors (Lipinski definition) is 1. The minimum Gasteiger partial charge on any atom is -0.449 e. The van der Waals surface area contributed by atoms with Gasteiger partial charge in [0.1, 0.15) is 12.0 Å². The molecule has 1 N–H and O–H groups in total. The zero-order valence-corrected chi connectivity index (χ0v) is 13.6. The summed E-state index contributed by atoms with van der Waals surface area (Å²) in [4.78, 5) is 34.7. The summed E-state index contributed by atoms with van der Waals surface area (Å²) in [5.74, 6) is -1.69. The maximum Gasteiger partial charge on any atom is 0.387 e. The van der Waals surface area contributed by atoms with Crippen molar-refractivity contribution in [1.82, 2.24) is 0 Å². The molecule has 0 heterocycles. The molecule has 0 radical (unpaired) electrons. The number of amides is 1. The quantitative estimate of drug-likeness (QED) is 0.603. The summed E-state index contributed by atoms with van der Waals surface area (Å²) < 4.78 is 34.1. The van der Waals surface area contributed by atoms with E-state index in [0.29, 0.717) is 11.8 Å². The molecule has 0 saturated heterocycles. The minimum absolute atomic E-state index is 0.0241. The van der Waals surface area contributed by atoms with Crippen LogP contribution in [0.5, 0.6) is 5.75 Å². The minimum atomic E-state index is -3.04. The highest BCUT2D eigenvalue weighted by atomic mass is 19.3. The van der Waals surface area contributed by atoms with Crippen LogP contribution in [0, 0.1) is 0 Å². The Hall–Kier alpha value is -3.29. The fourth-order valence-electron chi connectivity index (χ4n) is 1.98. The highest BCUT2D eigenvalue weighted by Crippen LogP contribution is 2.25. The monoisotopic (exact) mass is 363 g/mol. The maximum absolute atomic E-state index is 12.4. The van der Waals surface area contributed by atoms with E-state index < -0.39 is 24.6 Å². The van der Waals surface area contributed by atoms with Crippen molar-refractivity contribution in [3.8, 4) is 5.75 Å². The summed E-state index contributed by atoms with van der Waals surface area (Å²) in [5, 5.41) is 2.37. The van der Waals surface area contributed by atoms with Crippen LogP contribution in [0.25, 0.3) is 0 Å². The number of rotatable bonds is 7. The second kappa shape index (κ2) is 8.70. The van der Waals surface area contributed by atoms with Crippen LogP contribution in [0.4, 0.5) is 14.5 Å². The van der Waals surface area contributed by atoms with Gasteiger partial charge in [0, 0.05) is 5.56 Å². The van der Waals surface area contributed by atoms with Crippen molar-refractivity contribution in [2.45, 2.75) is 19.6 Å². The fraction of sp³-hybridized carbons (Fsp3) is 0.167. The second-order valence-corrected chi connectivity index (χ2v) is 5.15. The average Bonchev–Trinajstić information content (AvgIpc) is 2.62. The molecule has 6 nitrogen and oxygen atoms in total. The fourth-order valence-corrected chi connectivity index (χ4v) is 1.98. The van der Waals surface area contributed by atoms with Crippen LogP contribution in [-0.4, -0.2) is 30.9 Å². The third-order valence-corrected chi connectivity index (χ3v) is 3.30. The summed E-state index contributed by atoms with van der Waals surface area (Å²) in [7, 11) is 0. The molecule has 0 aliphatic rings. The summed E-state index contributed by atoms with van der Waals surface area (Å²) in [6.45, 7) is -1.71. The van der Waals surface area contributed by atoms with E-state index in [-0.39, 0.29) is 17.0 Å². The van der Waals surface area contributed by atoms with Crippen LogP contribution in [0.1, 0.15) is 27.6 Å². The van der Waals surface area contributed by atoms with Crippen LogP contribution in [-0.2, 0) is 9.53 Å². The van der Waals surface area contributed by atoms with E-state index in [1.54, 1.807) is 0 Å². The molecule has 0 spiro atoms. The van der Waals surface area contributed by atoms with Gasteiger partial charge in [-0.25, -0.2) is 4.79 Å². The van der Waals surface area contributed by atoms with Crippen molar-refractivity contribution >= 4 is 23.9 Å². The van der Waals surface area contributed by atoms with Crippen molar-refractivity contribution in [3.63, 3.8) is 0 Å². The van der Waals surface area contributed by atoms with E-state index in [9.17, 15) is 23.2 Å². The zero-order valence-electron chi connectivity index (χ0n) is 13.6. The first-order chi connectivity index (χ1) is 12.4. The van der Waals surface area contributed by atoms with Crippen molar-refractivity contribution in [3.05, 3.63) is 59.7 Å². The topological polar surface area (TPSA) is 81.7 Å². The molecule has 0 aliphatic carbocycles. The lowest BCUT2D eigenvalue weighted by Crippen LogP contribution is -2.30. The van der Waals surface area contributed by atoms with Crippen molar-refractivity contribution in [1.29, 1.82) is 0 Å². The summed E-state index contributed by atoms with van der Waals surface area (Å²) in [6.07, 6.45) is -0.558. The van der Waals surface area contributed by atoms with E-state index in [1.165, 1.54) is 55.5 Å². The number of anilines is 1. The van der Waals surface area contributed by atoms with Gasteiger partial charge in [0.25, 0.3) is 5.91 Å². The Balaban J connectivity index is 2.01. The molecule has 0 saturated carbocycles. The van der Waals surface area contributed by atoms with Crippen LogP contribution in [0.3, 0.4) is 0 Å². The Bertz CT molecular complexity index is 792. The van der Waals surface area contributed by atoms with Gasteiger partial charge >= 0.3 is 12.6 Å². The van der Waals surface area contributed by atoms with Gasteiger partial charge in [-0.1, -0.05) is 24.3 Å². The number of para-hydroxylation sites is 2. The van der Waals surface area contributed by atoms with E-state index in [4.69, 9.17) is 4.74 Å². The second-order valence-electron chi connectivity index (χ2n) is 5.15. The highest BCUT2D eigenvalue weighted by molar-refractivity contribution is 5.98. The first-order valence-corrected chi connectivity index (χ1v) is 7.51. The smallest absolute Gasteiger partial charge is 0.387 e. The number of ether oxygens (including phenoxy) is 2. The van der Waals surface area contributed by atoms with Crippen molar-refractivity contribution in [2.24, 2.45) is 0 Å². The van der Waals surface area contributed by atoms with E-state index >= 15 is 0 Å². The van der Waals surface area contributed by atoms with Gasteiger partial charge in [-0.15, -0.1) is 0 Å². The van der Waals surface area contributed by atoms with Crippen LogP contribution >= 0.6 is 0 Å². The molecular weight excluding hydrogens is 348 g/mol. The Morgan fingerprint density at radius 2 is 1.73 bits per heavy atom. The molecule has 2 aromatic rings. The molecule has 2 aromatic carbocycles. The lowest BCUT2D eigenvalue weighted by Gasteiger charge is -2.15. The van der Waals surface area contributed by atoms with Gasteiger partial charge in [-0.2, -0.15) is 8.78 Å². The van der Waals surface area contributed by atoms with Gasteiger partial charge in [-0.05, 0) is 31.2 Å². The highest BCUT2D eigenvalue weighted by Gasteiger charge is 2.20. The van der Waals surface area contributed by atoms with Gasteiger partial charge in [0.15, 0.2) is 6.10 Å². The molecule has 0 aliphatic heterocycles. The Kier molecular flexibility index (Phi) is 6.37. The first kappa shape index (κ1) is 19.0. The molecule has 1 atom stereocenters. The number of carbonyl (C=O) groups is 3. The molecule has 26 heavy (non-hydrogen) atoms. The van der Waals surface area contributed by atoms with Crippen LogP contribution in [0.15, 0.2) is 48.5 Å². The Morgan fingerprint density at radius 3 is 2.35 bits per heavy atom. The Morgan fingerprint density at radius 1 is 1.08 bits per heavy atom. The number of nitrogens with one attached hydrogen (secondary N) is 1. The van der Waals surface area contributed by atoms with Crippen molar-refractivity contribution in [2.75, 3.05) is 5.32 Å². The van der Waals surface area contributed by atoms with E-state index in [0.717, 1.165) is 0 Å². The number of hydrogen-bond acceptors (Lipinski definition) is 5. The zero-order chi connectivity index (χ0) is 19.1. The number of carbonyl (C=O) groups excluding carboxylic acids is 3. The molecule has 0 bridgehead atoms. The van der Waals surface area contributed by atoms with E-state index in [1.807, 2.05) is 0 Å². The number of benzene rings is 2. The summed E-state index contributed by atoms with van der Waals surface area (Å²) >= 11 is 0. The molecule has 0 fully saturated rings. The van der Waals surface area contributed by atoms with E-state index in [2.05, 4.69) is 10.1 Å². The summed E-state index contributed by atoms with van der Waals surface area (Å²) in [6, 6.07) is 11.3. The molecule has 2 rings (SSSR count). The first-order valence-electron chi connectivity index (χ1n) is 7.51. The predicted octanol–water partition coefficient (Wildman–Crippen LogP) is 3.28. The molecule has 0 aromatic heterocycles. The standard InChI is InChI=1S/C18H15F2NO5/c1-11(25-17(24)13-8-6-12(10-22)7-9-13)16(23)21-14-4-2-3-5-15(14)26-18(19)20/h2-11,18H,1H3,(H,21,23). The lowest BCUT2D eigenvalue weighted by atomic mass is 10.1. The largest absolute Gasteiger partial charge is 0.449 e. The van der Waals surface area contributed by atoms with Crippen LogP contribution < -0.4 is 10.1 Å². The molecule has 1 unspecified atom stereocenters. The number of alkyl halides is 2. The third-order valence-electron chi connectivity index (χ3n) is 3.30. The number of halogens is 2. The number of esters is 1.